The van der Waals surface area contributed by atoms with Gasteiger partial charge in [0.2, 0.25) is 5.95 Å². The van der Waals surface area contributed by atoms with Crippen molar-refractivity contribution in [3.8, 4) is 0 Å². The first kappa shape index (κ1) is 19.9. The number of fused-ring (bicyclic) bond motifs is 1. The summed E-state index contributed by atoms with van der Waals surface area (Å²) < 4.78 is 12.6. The minimum atomic E-state index is -1.07. The minimum absolute atomic E-state index is 0.0685. The van der Waals surface area contributed by atoms with Crippen LogP contribution < -0.4 is 10.2 Å². The molecule has 0 amide bonds. The van der Waals surface area contributed by atoms with Crippen LogP contribution in [0.2, 0.25) is 0 Å². The van der Waals surface area contributed by atoms with Crippen molar-refractivity contribution in [1.82, 2.24) is 15.0 Å². The SMILES string of the molecule is CCN(C[C@@H]1C[C@H]1c1ccccn1)c1nc2c(c(NC3(CO)CCC3)n1)[S@](=O)CC2. The Hall–Kier alpha value is -2.06. The highest BCUT2D eigenvalue weighted by Gasteiger charge is 2.41. The first-order valence-electron chi connectivity index (χ1n) is 11.0. The van der Waals surface area contributed by atoms with Crippen molar-refractivity contribution >= 4 is 22.6 Å². The Morgan fingerprint density at radius 3 is 2.87 bits per heavy atom. The van der Waals surface area contributed by atoms with Crippen LogP contribution >= 0.6 is 0 Å². The lowest BCUT2D eigenvalue weighted by Gasteiger charge is -2.41. The zero-order valence-electron chi connectivity index (χ0n) is 17.4. The van der Waals surface area contributed by atoms with Crippen molar-refractivity contribution in [3.05, 3.63) is 35.8 Å². The van der Waals surface area contributed by atoms with Crippen LogP contribution in [0.1, 0.15) is 49.9 Å². The van der Waals surface area contributed by atoms with E-state index in [1.165, 1.54) is 5.69 Å². The molecule has 8 heteroatoms. The van der Waals surface area contributed by atoms with Crippen molar-refractivity contribution in [1.29, 1.82) is 0 Å². The third-order valence-corrected chi connectivity index (χ3v) is 8.24. The van der Waals surface area contributed by atoms with E-state index in [0.29, 0.717) is 29.4 Å². The zero-order valence-corrected chi connectivity index (χ0v) is 18.2. The summed E-state index contributed by atoms with van der Waals surface area (Å²) in [5, 5.41) is 13.4. The van der Waals surface area contributed by atoms with Crippen molar-refractivity contribution < 1.29 is 9.32 Å². The van der Waals surface area contributed by atoms with Crippen LogP contribution in [0.4, 0.5) is 11.8 Å². The van der Waals surface area contributed by atoms with E-state index in [9.17, 15) is 9.32 Å². The van der Waals surface area contributed by atoms with Gasteiger partial charge >= 0.3 is 0 Å². The Bertz CT molecular complexity index is 945. The highest BCUT2D eigenvalue weighted by molar-refractivity contribution is 7.85. The van der Waals surface area contributed by atoms with E-state index in [2.05, 4.69) is 34.3 Å². The molecule has 0 aromatic carbocycles. The van der Waals surface area contributed by atoms with E-state index >= 15 is 0 Å². The van der Waals surface area contributed by atoms with Crippen LogP contribution in [-0.4, -0.2) is 55.3 Å². The molecule has 2 saturated carbocycles. The largest absolute Gasteiger partial charge is 0.394 e. The second-order valence-electron chi connectivity index (χ2n) is 8.76. The maximum absolute atomic E-state index is 12.6. The second kappa shape index (κ2) is 7.89. The van der Waals surface area contributed by atoms with Crippen molar-refractivity contribution in [2.75, 3.05) is 35.7 Å². The summed E-state index contributed by atoms with van der Waals surface area (Å²) in [6.45, 7) is 3.91. The van der Waals surface area contributed by atoms with Gasteiger partial charge in [-0.05, 0) is 50.7 Å². The molecule has 3 atom stereocenters. The summed E-state index contributed by atoms with van der Waals surface area (Å²) in [5.41, 5.74) is 1.73. The van der Waals surface area contributed by atoms with E-state index in [1.54, 1.807) is 0 Å². The van der Waals surface area contributed by atoms with Crippen LogP contribution in [0.5, 0.6) is 0 Å². The number of aliphatic hydroxyl groups excluding tert-OH is 1. The summed E-state index contributed by atoms with van der Waals surface area (Å²) in [5.74, 6) is 3.03. The third-order valence-electron chi connectivity index (χ3n) is 6.78. The highest BCUT2D eigenvalue weighted by atomic mass is 32.2. The zero-order chi connectivity index (χ0) is 20.7. The van der Waals surface area contributed by atoms with Gasteiger partial charge in [0, 0.05) is 43.1 Å². The normalized spacial score (nSPS) is 26.0. The molecule has 1 aliphatic heterocycles. The lowest BCUT2D eigenvalue weighted by Crippen LogP contribution is -2.48. The molecule has 0 unspecified atom stereocenters. The first-order valence-corrected chi connectivity index (χ1v) is 12.3. The van der Waals surface area contributed by atoms with Gasteiger partial charge in [0.25, 0.3) is 0 Å². The number of rotatable bonds is 8. The number of anilines is 2. The molecule has 7 nitrogen and oxygen atoms in total. The quantitative estimate of drug-likeness (QED) is 0.669. The summed E-state index contributed by atoms with van der Waals surface area (Å²) in [7, 11) is -1.07. The van der Waals surface area contributed by atoms with E-state index in [0.717, 1.165) is 55.8 Å². The van der Waals surface area contributed by atoms with Gasteiger partial charge < -0.3 is 15.3 Å². The standard InChI is InChI=1S/C22H29N5O2S/c1-2-27(13-15-12-16(15)17-6-3-4-10-23-17)21-24-18-7-11-30(29)19(18)20(25-21)26-22(14-28)8-5-9-22/h3-4,6,10,15-16,28H,2,5,7-9,11-14H2,1H3,(H,24,25,26)/t15-,16+,30+/m0/s1. The molecule has 160 valence electrons. The Labute approximate surface area is 179 Å². The van der Waals surface area contributed by atoms with E-state index < -0.39 is 10.8 Å². The van der Waals surface area contributed by atoms with Gasteiger partial charge in [-0.2, -0.15) is 4.98 Å². The summed E-state index contributed by atoms with van der Waals surface area (Å²) in [6.07, 6.45) is 6.64. The number of aromatic nitrogens is 3. The molecule has 30 heavy (non-hydrogen) atoms. The maximum Gasteiger partial charge on any atom is 0.227 e. The molecular weight excluding hydrogens is 398 g/mol. The van der Waals surface area contributed by atoms with Crippen LogP contribution in [0.15, 0.2) is 29.3 Å². The minimum Gasteiger partial charge on any atom is -0.394 e. The van der Waals surface area contributed by atoms with Gasteiger partial charge in [-0.25, -0.2) is 4.98 Å². The summed E-state index contributed by atoms with van der Waals surface area (Å²) in [6, 6.07) is 6.11. The smallest absolute Gasteiger partial charge is 0.227 e. The molecule has 3 heterocycles. The Morgan fingerprint density at radius 2 is 2.20 bits per heavy atom. The van der Waals surface area contributed by atoms with Gasteiger partial charge in [0.15, 0.2) is 0 Å². The van der Waals surface area contributed by atoms with Gasteiger partial charge in [0.05, 0.1) is 28.6 Å². The predicted octanol–water partition coefficient (Wildman–Crippen LogP) is 2.49. The predicted molar refractivity (Wildman–Crippen MR) is 117 cm³/mol. The molecule has 5 rings (SSSR count). The fourth-order valence-electron chi connectivity index (χ4n) is 4.63. The maximum atomic E-state index is 12.6. The Kier molecular flexibility index (Phi) is 5.23. The molecule has 2 aromatic rings. The first-order chi connectivity index (χ1) is 14.6. The van der Waals surface area contributed by atoms with Gasteiger partial charge in [0.1, 0.15) is 10.7 Å². The topological polar surface area (TPSA) is 91.2 Å². The van der Waals surface area contributed by atoms with Gasteiger partial charge in [-0.1, -0.05) is 6.07 Å². The van der Waals surface area contributed by atoms with E-state index in [1.807, 2.05) is 12.3 Å². The summed E-state index contributed by atoms with van der Waals surface area (Å²) >= 11 is 0. The van der Waals surface area contributed by atoms with Gasteiger partial charge in [-0.15, -0.1) is 0 Å². The monoisotopic (exact) mass is 427 g/mol. The number of pyridine rings is 1. The molecule has 2 aromatic heterocycles. The van der Waals surface area contributed by atoms with Crippen LogP contribution in [0.25, 0.3) is 0 Å². The Morgan fingerprint density at radius 1 is 1.33 bits per heavy atom. The molecule has 0 bridgehead atoms. The number of hydrogen-bond donors (Lipinski definition) is 2. The molecular formula is C22H29N5O2S. The number of aryl methyl sites for hydroxylation is 1. The van der Waals surface area contributed by atoms with Crippen LogP contribution in [-0.2, 0) is 17.2 Å². The number of nitrogens with one attached hydrogen (secondary N) is 1. The second-order valence-corrected chi connectivity index (χ2v) is 10.3. The molecule has 0 spiro atoms. The number of hydrogen-bond acceptors (Lipinski definition) is 7. The van der Waals surface area contributed by atoms with Gasteiger partial charge in [-0.3, -0.25) is 9.19 Å². The van der Waals surface area contributed by atoms with Crippen LogP contribution in [0, 0.1) is 5.92 Å². The number of aliphatic hydroxyl groups is 1. The average molecular weight is 428 g/mol. The van der Waals surface area contributed by atoms with Crippen molar-refractivity contribution in [2.24, 2.45) is 5.92 Å². The number of nitrogens with zero attached hydrogens (tertiary/aromatic N) is 4. The fraction of sp³-hybridized carbons (Fsp3) is 0.591. The lowest BCUT2D eigenvalue weighted by molar-refractivity contribution is 0.143. The molecule has 2 aliphatic carbocycles. The van der Waals surface area contributed by atoms with E-state index in [-0.39, 0.29) is 12.1 Å². The Balaban J connectivity index is 1.39. The lowest BCUT2D eigenvalue weighted by atomic mass is 9.77. The summed E-state index contributed by atoms with van der Waals surface area (Å²) in [4.78, 5) is 17.1. The molecule has 0 radical (unpaired) electrons. The van der Waals surface area contributed by atoms with Crippen molar-refractivity contribution in [3.63, 3.8) is 0 Å². The van der Waals surface area contributed by atoms with E-state index in [4.69, 9.17) is 9.97 Å². The van der Waals surface area contributed by atoms with Crippen molar-refractivity contribution in [2.45, 2.75) is 55.4 Å². The molecule has 2 N–H and O–H groups in total. The highest BCUT2D eigenvalue weighted by Crippen LogP contribution is 2.47. The molecule has 3 aliphatic rings. The van der Waals surface area contributed by atoms with Crippen LogP contribution in [0.3, 0.4) is 0 Å². The average Bonchev–Trinajstić information content (AvgIpc) is 3.42. The molecule has 2 fully saturated rings. The third kappa shape index (κ3) is 3.60. The fourth-order valence-corrected chi connectivity index (χ4v) is 5.94. The molecule has 0 saturated heterocycles.